The van der Waals surface area contributed by atoms with Crippen molar-refractivity contribution in [2.45, 2.75) is 70.4 Å². The SMILES string of the molecule is C.C1CCOC1.CCCOc1ccc2nc(/C=C/c3cnc(N4CCOCC4)s3)oc2c1.COCOc1ccc2nc(/C=C/c3cnc(N4CCOCC4)s3)oc2c1.COCOc1ccc2nc(C)oc2c1.COc1cnc(N2CCOCC2)s1.Cc1ccc(S(=O)(=O)Cl)cc1.Cc1ccc(S(=O)(=O)OCCO)cc1.ClCCl.O=C(O)C(F)(F)F.OCCO.Oc1ccc2nc(/C=C/c3cnc(N4CCOCC4)s3)oc2c1. The van der Waals surface area contributed by atoms with E-state index in [2.05, 4.69) is 70.6 Å². The van der Waals surface area contributed by atoms with Crippen LogP contribution in [0, 0.1) is 20.8 Å². The molecule has 5 aliphatic rings. The maximum atomic E-state index is 11.4. The maximum absolute atomic E-state index is 11.4. The van der Waals surface area contributed by atoms with Gasteiger partial charge in [-0.1, -0.05) is 95.1 Å². The molecule has 0 saturated carbocycles. The Morgan fingerprint density at radius 3 is 1.13 bits per heavy atom. The summed E-state index contributed by atoms with van der Waals surface area (Å²) in [6.45, 7) is 23.3. The predicted molar refractivity (Wildman–Crippen MR) is 564 cm³/mol. The van der Waals surface area contributed by atoms with Gasteiger partial charge < -0.3 is 115 Å². The molecule has 14 aromatic rings. The van der Waals surface area contributed by atoms with Crippen LogP contribution in [0.4, 0.5) is 33.7 Å². The fraction of sp³-hybridized carbons (Fsp3) is 0.392. The number of aryl methyl sites for hydroxylation is 3. The Kier molecular flexibility index (Phi) is 53.4. The molecule has 38 nitrogen and oxygen atoms in total. The number of ether oxygens (including phenoxy) is 11. The number of phenolic OH excluding ortho intramolecular Hbond substituents is 1. The number of nitrogens with zero attached hydrogens (tertiary/aromatic N) is 12. The summed E-state index contributed by atoms with van der Waals surface area (Å²) < 4.78 is 160. The largest absolute Gasteiger partial charge is 0.508 e. The number of methoxy groups -OCH3 is 3. The molecule has 0 spiro atoms. The van der Waals surface area contributed by atoms with E-state index in [-0.39, 0.29) is 68.3 Å². The van der Waals surface area contributed by atoms with Crippen molar-refractivity contribution in [1.82, 2.24) is 39.9 Å². The van der Waals surface area contributed by atoms with Crippen LogP contribution in [0.5, 0.6) is 28.1 Å². The van der Waals surface area contributed by atoms with Gasteiger partial charge in [-0.15, -0.1) is 23.2 Å². The van der Waals surface area contributed by atoms with Crippen molar-refractivity contribution in [1.29, 1.82) is 0 Å². The third-order valence-electron chi connectivity index (χ3n) is 19.4. The normalized spacial score (nSPS) is 14.0. The molecule has 0 aliphatic carbocycles. The quantitative estimate of drug-likeness (QED) is 0.0145. The van der Waals surface area contributed by atoms with E-state index in [4.69, 9.17) is 129 Å². The van der Waals surface area contributed by atoms with Gasteiger partial charge in [0.05, 0.1) is 114 Å². The van der Waals surface area contributed by atoms with Crippen molar-refractivity contribution < 1.29 is 134 Å². The van der Waals surface area contributed by atoms with Crippen LogP contribution in [0.3, 0.4) is 0 Å². The van der Waals surface area contributed by atoms with Gasteiger partial charge in [0.2, 0.25) is 17.7 Å². The van der Waals surface area contributed by atoms with Crippen molar-refractivity contribution in [3.63, 3.8) is 0 Å². The molecule has 6 aromatic carbocycles. The first-order valence-electron chi connectivity index (χ1n) is 45.1. The van der Waals surface area contributed by atoms with Crippen LogP contribution in [0.15, 0.2) is 174 Å². The third-order valence-corrected chi connectivity index (χ3v) is 26.2. The highest BCUT2D eigenvalue weighted by Crippen LogP contribution is 2.34. The number of carbonyl (C=O) groups is 1. The second-order valence-corrected chi connectivity index (χ2v) is 39.4. The van der Waals surface area contributed by atoms with E-state index in [9.17, 15) is 35.1 Å². The topological polar surface area (TPSA) is 466 Å². The van der Waals surface area contributed by atoms with Gasteiger partial charge in [0.15, 0.2) is 67.4 Å². The summed E-state index contributed by atoms with van der Waals surface area (Å²) in [7, 11) is 2.66. The molecular weight excluding hydrogens is 2100 g/mol. The third kappa shape index (κ3) is 43.1. The summed E-state index contributed by atoms with van der Waals surface area (Å²) in [5.74, 6) is 1.91. The number of morpholine rings is 4. The van der Waals surface area contributed by atoms with Gasteiger partial charge in [-0.25, -0.2) is 53.1 Å². The van der Waals surface area contributed by atoms with Crippen LogP contribution >= 0.6 is 79.2 Å². The monoisotopic (exact) mass is 2220 g/mol. The first kappa shape index (κ1) is 121. The fourth-order valence-corrected chi connectivity index (χ4v) is 17.4. The number of aliphatic carboxylic acids is 1. The summed E-state index contributed by atoms with van der Waals surface area (Å²) in [4.78, 5) is 56.5. The minimum atomic E-state index is -5.08. The molecule has 8 aromatic heterocycles. The van der Waals surface area contributed by atoms with E-state index < -0.39 is 31.3 Å². The molecule has 5 fully saturated rings. The van der Waals surface area contributed by atoms with Gasteiger partial charge in [0, 0.05) is 173 Å². The Morgan fingerprint density at radius 2 is 0.796 bits per heavy atom. The van der Waals surface area contributed by atoms with Gasteiger partial charge in [-0.3, -0.25) is 4.18 Å². The van der Waals surface area contributed by atoms with E-state index >= 15 is 0 Å². The van der Waals surface area contributed by atoms with Crippen molar-refractivity contribution in [3.05, 3.63) is 195 Å². The molecule has 0 unspecified atom stereocenters. The minimum Gasteiger partial charge on any atom is -0.508 e. The number of halogens is 6. The van der Waals surface area contributed by atoms with E-state index in [0.717, 1.165) is 221 Å². The number of aromatic hydroxyl groups is 1. The highest BCUT2D eigenvalue weighted by Gasteiger charge is 2.38. The fourth-order valence-electron chi connectivity index (χ4n) is 12.4. The first-order valence-corrected chi connectivity index (χ1v) is 53.2. The lowest BCUT2D eigenvalue weighted by molar-refractivity contribution is -0.192. The van der Waals surface area contributed by atoms with Crippen LogP contribution < -0.4 is 38.5 Å². The molecule has 147 heavy (non-hydrogen) atoms. The molecule has 5 saturated heterocycles. The molecule has 19 rings (SSSR count). The van der Waals surface area contributed by atoms with Crippen LogP contribution in [0.25, 0.3) is 80.9 Å². The number of benzene rings is 6. The number of carboxylic acids is 1. The Balaban J connectivity index is 0.000000206. The Labute approximate surface area is 878 Å². The molecule has 0 radical (unpaired) electrons. The minimum absolute atomic E-state index is 0. The van der Waals surface area contributed by atoms with Gasteiger partial charge in [-0.2, -0.15) is 21.6 Å². The second-order valence-electron chi connectivity index (χ2n) is 30.3. The molecule has 5 N–H and O–H groups in total. The number of rotatable bonds is 26. The van der Waals surface area contributed by atoms with E-state index in [1.807, 2.05) is 124 Å². The molecule has 50 heteroatoms. The number of carboxylic acid groups (broad SMARTS) is 1. The van der Waals surface area contributed by atoms with Crippen LogP contribution in [0.2, 0.25) is 0 Å². The van der Waals surface area contributed by atoms with Crippen molar-refractivity contribution in [3.8, 4) is 28.1 Å². The molecule has 0 bridgehead atoms. The molecule has 800 valence electrons. The number of anilines is 4. The smallest absolute Gasteiger partial charge is 0.490 e. The number of fused-ring (bicyclic) bond motifs is 4. The summed E-state index contributed by atoms with van der Waals surface area (Å²) in [5, 5.41) is 45.4. The van der Waals surface area contributed by atoms with Crippen molar-refractivity contribution >= 4 is 206 Å². The molecule has 13 heterocycles. The van der Waals surface area contributed by atoms with Gasteiger partial charge in [-0.05, 0) is 124 Å². The Hall–Kier alpha value is -11.3. The summed E-state index contributed by atoms with van der Waals surface area (Å²) in [6, 6.07) is 34.3. The highest BCUT2D eigenvalue weighted by atomic mass is 35.7. The summed E-state index contributed by atoms with van der Waals surface area (Å²) in [5.41, 5.74) is 7.87. The number of thiazole rings is 4. The number of alkyl halides is 5. The lowest BCUT2D eigenvalue weighted by Gasteiger charge is -2.25. The lowest BCUT2D eigenvalue weighted by atomic mass is 10.2. The van der Waals surface area contributed by atoms with Crippen molar-refractivity contribution in [2.75, 3.05) is 211 Å². The summed E-state index contributed by atoms with van der Waals surface area (Å²) >= 11 is 16.0. The lowest BCUT2D eigenvalue weighted by Crippen LogP contribution is -2.36. The number of hydrogen-bond donors (Lipinski definition) is 5. The zero-order valence-corrected chi connectivity index (χ0v) is 87.9. The molecule has 5 aliphatic heterocycles. The molecule has 0 amide bonds. The average Bonchev–Trinajstić information content (AvgIpc) is 1.69. The molecular formula is C97H118Cl3F3N12O26S6. The standard InChI is InChI=1S/C19H21N3O3S.C18H19N3O4S.C16H15N3O3S.C10H11NO3.C9H12O4S.C8H12N2O2S.C7H7ClO2S.C4H8O.C2HF3O2.C2H6O2.CH2Cl2.CH4/c1-2-9-24-14-3-5-16-17(12-14)25-18(21-16)6-4-15-13-20-19(26-15)22-7-10-23-11-8-22;1-22-12-24-13-2-4-15-16(10-13)25-17(20-15)5-3-14-11-19-18(26-14)21-6-8-23-9-7-21;20-11-1-3-13-14(9-11)22-15(18-13)4-2-12-10-17-16(23-12)19-5-7-21-8-6-19;1-7-11-9-4-3-8(13-6-12-2)5-10(9)14-7;1-8-2-4-9(5-3-8)14(11,12)13-7-6-10;1-11-7-6-9-8(13-7)10-2-4-12-5-3-10;1-6-2-4-7(5-3-6)11(8,9)10;1-2-4-5-3-1;3-2(4,5)1(6)7;3-1-2-4;2-1-3;/h3-6,12-13H,2,7-11H2,1H3;2-5,10-11H,6-9,12H2,1H3;1-4,9-10,20H,5-8H2;3-5H,6H2,1-2H3;2-5,10H,6-7H2,1H3;6H,2-5H2,1H3;2-5H,1H3;1-4H2;(H,6,7);3-4H,1-2H2;1H2;1H4/b6-4+;5-3+;4-2+;;;;;;;;;. The number of oxazole rings is 4. The summed E-state index contributed by atoms with van der Waals surface area (Å²) in [6.07, 6.45) is 17.2. The van der Waals surface area contributed by atoms with Crippen molar-refractivity contribution in [2.24, 2.45) is 0 Å². The second kappa shape index (κ2) is 64.9. The highest BCUT2D eigenvalue weighted by molar-refractivity contribution is 8.13. The Bertz CT molecular complexity index is 6350. The number of phenols is 1. The first-order chi connectivity index (χ1) is 70.4. The van der Waals surface area contributed by atoms with E-state index in [1.54, 1.807) is 121 Å². The number of aromatic nitrogens is 8. The van der Waals surface area contributed by atoms with Gasteiger partial charge in [0.1, 0.15) is 45.1 Å². The van der Waals surface area contributed by atoms with E-state index in [1.165, 1.54) is 37.1 Å². The van der Waals surface area contributed by atoms with Crippen LogP contribution in [-0.2, 0) is 61.3 Å². The van der Waals surface area contributed by atoms with Gasteiger partial charge >= 0.3 is 12.1 Å². The maximum Gasteiger partial charge on any atom is 0.490 e. The molecule has 0 atom stereocenters. The Morgan fingerprint density at radius 1 is 0.456 bits per heavy atom. The zero-order valence-electron chi connectivity index (χ0n) is 80.7. The number of aliphatic hydroxyl groups excluding tert-OH is 3. The van der Waals surface area contributed by atoms with Crippen LogP contribution in [-0.4, -0.2) is 286 Å². The predicted octanol–water partition coefficient (Wildman–Crippen LogP) is 18.5. The zero-order chi connectivity index (χ0) is 105. The number of aliphatic hydroxyl groups is 3. The number of hydrogen-bond acceptors (Lipinski definition) is 41. The van der Waals surface area contributed by atoms with E-state index in [0.29, 0.717) is 47.1 Å². The average molecular weight is 2220 g/mol. The van der Waals surface area contributed by atoms with Crippen LogP contribution in [0.1, 0.15) is 82.9 Å². The van der Waals surface area contributed by atoms with Gasteiger partial charge in [0.25, 0.3) is 19.2 Å².